The average molecular weight is 542 g/mol. The van der Waals surface area contributed by atoms with E-state index in [9.17, 15) is 83.1 Å². The van der Waals surface area contributed by atoms with Crippen molar-refractivity contribution in [3.05, 3.63) is 0 Å². The van der Waals surface area contributed by atoms with E-state index < -0.39 is 63.2 Å². The van der Waals surface area contributed by atoms with Crippen LogP contribution in [0.5, 0.6) is 0 Å². The number of nitrogens with one attached hydrogen (secondary N) is 1. The molecule has 4 nitrogen and oxygen atoms in total. The van der Waals surface area contributed by atoms with Gasteiger partial charge in [-0.25, -0.2) is 8.42 Å². The second-order valence-electron chi connectivity index (χ2n) is 5.87. The summed E-state index contributed by atoms with van der Waals surface area (Å²) in [6.07, 6.45) is -10.2. The van der Waals surface area contributed by atoms with Crippen molar-refractivity contribution >= 4 is 10.0 Å². The minimum absolute atomic E-state index is 0.240. The van der Waals surface area contributed by atoms with Crippen LogP contribution in [0.15, 0.2) is 0 Å². The number of sulfonamides is 1. The molecule has 0 aliphatic rings. The Morgan fingerprint density at radius 3 is 1.06 bits per heavy atom. The Labute approximate surface area is 164 Å². The van der Waals surface area contributed by atoms with Gasteiger partial charge in [-0.05, 0) is 6.92 Å². The third kappa shape index (κ3) is 3.84. The predicted octanol–water partition coefficient (Wildman–Crippen LogP) is 4.18. The highest BCUT2D eigenvalue weighted by atomic mass is 32.2. The lowest BCUT2D eigenvalue weighted by Gasteiger charge is -2.42. The molecule has 0 aromatic rings. The molecule has 1 unspecified atom stereocenters. The molecular formula is C10H7F17N2O2S. The van der Waals surface area contributed by atoms with E-state index in [1.807, 2.05) is 0 Å². The summed E-state index contributed by atoms with van der Waals surface area (Å²) in [4.78, 5) is 0. The molecule has 0 fully saturated rings. The van der Waals surface area contributed by atoms with Crippen molar-refractivity contribution in [3.63, 3.8) is 0 Å². The van der Waals surface area contributed by atoms with Crippen LogP contribution < -0.4 is 10.5 Å². The molecule has 194 valence electrons. The van der Waals surface area contributed by atoms with E-state index in [0.29, 0.717) is 6.92 Å². The number of rotatable bonds is 9. The first-order valence-corrected chi connectivity index (χ1v) is 8.39. The van der Waals surface area contributed by atoms with Crippen LogP contribution in [-0.2, 0) is 10.0 Å². The Morgan fingerprint density at radius 2 is 0.812 bits per heavy atom. The molecule has 0 aliphatic carbocycles. The van der Waals surface area contributed by atoms with Crippen LogP contribution in [0.25, 0.3) is 0 Å². The SMILES string of the molecule is CC(N)NS(=O)(=O)C(F)(F)C(F)(F)C(F)(F)C(F)(F)C(F)(F)C(F)(F)C(F)(F)C(F)(F)F. The highest BCUT2D eigenvalue weighted by Crippen LogP contribution is 2.64. The van der Waals surface area contributed by atoms with Gasteiger partial charge in [0.15, 0.2) is 0 Å². The first-order chi connectivity index (χ1) is 13.4. The van der Waals surface area contributed by atoms with E-state index in [1.165, 1.54) is 0 Å². The molecule has 0 radical (unpaired) electrons. The largest absolute Gasteiger partial charge is 0.460 e. The summed E-state index contributed by atoms with van der Waals surface area (Å²) in [6, 6.07) is 0. The number of hydrogen-bond donors (Lipinski definition) is 2. The van der Waals surface area contributed by atoms with Gasteiger partial charge >= 0.3 is 47.0 Å². The summed E-state index contributed by atoms with van der Waals surface area (Å²) in [5, 5.41) is -7.60. The molecule has 3 N–H and O–H groups in total. The van der Waals surface area contributed by atoms with E-state index >= 15 is 0 Å². The molecule has 0 bridgehead atoms. The molecule has 0 aromatic carbocycles. The van der Waals surface area contributed by atoms with E-state index in [0.717, 1.165) is 0 Å². The first-order valence-electron chi connectivity index (χ1n) is 6.90. The summed E-state index contributed by atoms with van der Waals surface area (Å²) in [5.41, 5.74) is 4.52. The predicted molar refractivity (Wildman–Crippen MR) is 66.4 cm³/mol. The maximum atomic E-state index is 13.4. The van der Waals surface area contributed by atoms with Gasteiger partial charge in [-0.15, -0.1) is 0 Å². The molecule has 0 saturated carbocycles. The van der Waals surface area contributed by atoms with Gasteiger partial charge < -0.3 is 5.73 Å². The number of alkyl halides is 17. The van der Waals surface area contributed by atoms with Crippen molar-refractivity contribution in [3.8, 4) is 0 Å². The van der Waals surface area contributed by atoms with Crippen molar-refractivity contribution < 1.29 is 83.1 Å². The van der Waals surface area contributed by atoms with Gasteiger partial charge in [-0.2, -0.15) is 79.4 Å². The quantitative estimate of drug-likeness (QED) is 0.340. The zero-order chi connectivity index (χ0) is 26.8. The van der Waals surface area contributed by atoms with Crippen LogP contribution in [0.3, 0.4) is 0 Å². The Bertz CT molecular complexity index is 801. The Balaban J connectivity index is 6.92. The van der Waals surface area contributed by atoms with Crippen molar-refractivity contribution in [2.45, 2.75) is 60.1 Å². The van der Waals surface area contributed by atoms with Crippen molar-refractivity contribution in [2.75, 3.05) is 0 Å². The van der Waals surface area contributed by atoms with Crippen LogP contribution in [0.4, 0.5) is 74.6 Å². The second-order valence-corrected chi connectivity index (χ2v) is 7.63. The zero-order valence-electron chi connectivity index (χ0n) is 14.3. The monoisotopic (exact) mass is 542 g/mol. The van der Waals surface area contributed by atoms with Gasteiger partial charge in [-0.1, -0.05) is 0 Å². The molecule has 1 atom stereocenters. The van der Waals surface area contributed by atoms with Crippen molar-refractivity contribution in [1.29, 1.82) is 0 Å². The third-order valence-electron chi connectivity index (χ3n) is 3.37. The lowest BCUT2D eigenvalue weighted by molar-refractivity contribution is -0.458. The molecule has 0 heterocycles. The smallest absolute Gasteiger partial charge is 0.315 e. The molecule has 0 rings (SSSR count). The minimum atomic E-state index is -8.85. The van der Waals surface area contributed by atoms with Gasteiger partial charge in [0.1, 0.15) is 0 Å². The Hall–Kier alpha value is -1.32. The van der Waals surface area contributed by atoms with Gasteiger partial charge in [0.2, 0.25) is 0 Å². The lowest BCUT2D eigenvalue weighted by atomic mass is 9.91. The number of nitrogens with two attached hydrogens (primary N) is 1. The van der Waals surface area contributed by atoms with E-state index in [-0.39, 0.29) is 4.72 Å². The Kier molecular flexibility index (Phi) is 7.29. The molecular weight excluding hydrogens is 535 g/mol. The van der Waals surface area contributed by atoms with Crippen LogP contribution in [0, 0.1) is 0 Å². The van der Waals surface area contributed by atoms with E-state index in [4.69, 9.17) is 0 Å². The van der Waals surface area contributed by atoms with Crippen molar-refractivity contribution in [2.24, 2.45) is 5.73 Å². The van der Waals surface area contributed by atoms with Crippen LogP contribution in [-0.4, -0.2) is 61.5 Å². The normalized spacial score (nSPS) is 17.5. The third-order valence-corrected chi connectivity index (χ3v) is 4.99. The lowest BCUT2D eigenvalue weighted by Crippen LogP contribution is -2.75. The van der Waals surface area contributed by atoms with Crippen LogP contribution >= 0.6 is 0 Å². The summed E-state index contributed by atoms with van der Waals surface area (Å²) in [7, 11) is -7.33. The molecule has 22 heteroatoms. The summed E-state index contributed by atoms with van der Waals surface area (Å²) in [5.74, 6) is -51.7. The maximum absolute atomic E-state index is 13.4. The minimum Gasteiger partial charge on any atom is -0.315 e. The van der Waals surface area contributed by atoms with Gasteiger partial charge in [-0.3, -0.25) is 0 Å². The highest BCUT2D eigenvalue weighted by Gasteiger charge is 2.96. The summed E-state index contributed by atoms with van der Waals surface area (Å²) >= 11 is 0. The molecule has 0 saturated heterocycles. The van der Waals surface area contributed by atoms with E-state index in [1.54, 1.807) is 0 Å². The first kappa shape index (κ1) is 30.7. The van der Waals surface area contributed by atoms with Gasteiger partial charge in [0, 0.05) is 0 Å². The standard InChI is InChI=1S/C10H7F17N2O2S/c1-2(28)29-32(30,31)10(26,27)8(21,22)6(17,18)4(13,14)3(11,12)5(15,16)7(19,20)9(23,24)25/h2,29H,28H2,1H3. The van der Waals surface area contributed by atoms with E-state index in [2.05, 4.69) is 5.73 Å². The highest BCUT2D eigenvalue weighted by molar-refractivity contribution is 7.90. The Morgan fingerprint density at radius 1 is 0.562 bits per heavy atom. The summed E-state index contributed by atoms with van der Waals surface area (Å²) < 4.78 is 243. The van der Waals surface area contributed by atoms with Crippen LogP contribution in [0.2, 0.25) is 0 Å². The zero-order valence-corrected chi connectivity index (χ0v) is 15.1. The fraction of sp³-hybridized carbons (Fsp3) is 1.00. The molecule has 0 aliphatic heterocycles. The molecule has 32 heavy (non-hydrogen) atoms. The topological polar surface area (TPSA) is 72.2 Å². The van der Waals surface area contributed by atoms with Crippen molar-refractivity contribution in [1.82, 2.24) is 4.72 Å². The number of hydrogen-bond acceptors (Lipinski definition) is 3. The fourth-order valence-corrected chi connectivity index (χ4v) is 2.74. The maximum Gasteiger partial charge on any atom is 0.460 e. The summed E-state index contributed by atoms with van der Waals surface area (Å²) in [6.45, 7) is 0.340. The fourth-order valence-electron chi connectivity index (χ4n) is 1.64. The van der Waals surface area contributed by atoms with Crippen LogP contribution in [0.1, 0.15) is 6.92 Å². The number of halogens is 17. The van der Waals surface area contributed by atoms with Gasteiger partial charge in [0.25, 0.3) is 10.0 Å². The molecule has 0 amide bonds. The average Bonchev–Trinajstić information content (AvgIpc) is 2.51. The van der Waals surface area contributed by atoms with Gasteiger partial charge in [0.05, 0.1) is 6.17 Å². The molecule has 0 spiro atoms. The second kappa shape index (κ2) is 7.60. The molecule has 0 aromatic heterocycles.